The Morgan fingerprint density at radius 3 is 2.86 bits per heavy atom. The van der Waals surface area contributed by atoms with E-state index in [1.165, 1.54) is 25.7 Å². The number of halogens is 1. The second kappa shape index (κ2) is 7.54. The highest BCUT2D eigenvalue weighted by molar-refractivity contribution is 9.10. The van der Waals surface area contributed by atoms with Crippen LogP contribution in [-0.2, 0) is 0 Å². The molecular formula is C15H22BrN5. The maximum Gasteiger partial charge on any atom is 0.183 e. The molecule has 114 valence electrons. The third kappa shape index (κ3) is 4.03. The van der Waals surface area contributed by atoms with Crippen LogP contribution in [0.25, 0.3) is 11.4 Å². The van der Waals surface area contributed by atoms with Gasteiger partial charge in [0, 0.05) is 15.7 Å². The molecule has 21 heavy (non-hydrogen) atoms. The molecule has 0 fully saturated rings. The number of nitrogens with zero attached hydrogens (tertiary/aromatic N) is 4. The number of hydrogen-bond donors (Lipinski definition) is 1. The Morgan fingerprint density at radius 1 is 1.29 bits per heavy atom. The standard InChI is InChI=1S/C15H22BrN5/c1-3-4-5-6-7-11(2)21-15(18-19-20-21)13-10-12(17)8-9-14(13)16/h8-11H,3-7,17H2,1-2H3. The lowest BCUT2D eigenvalue weighted by molar-refractivity contribution is 0.430. The molecule has 5 nitrogen and oxygen atoms in total. The van der Waals surface area contributed by atoms with E-state index in [-0.39, 0.29) is 6.04 Å². The summed E-state index contributed by atoms with van der Waals surface area (Å²) in [6.45, 7) is 4.38. The Hall–Kier alpha value is -1.43. The Labute approximate surface area is 134 Å². The fraction of sp³-hybridized carbons (Fsp3) is 0.533. The van der Waals surface area contributed by atoms with Crippen LogP contribution in [0.2, 0.25) is 0 Å². The molecule has 1 unspecified atom stereocenters. The summed E-state index contributed by atoms with van der Waals surface area (Å²) in [5, 5.41) is 12.2. The van der Waals surface area contributed by atoms with Crippen molar-refractivity contribution >= 4 is 21.6 Å². The minimum Gasteiger partial charge on any atom is -0.399 e. The van der Waals surface area contributed by atoms with Gasteiger partial charge in [0.05, 0.1) is 6.04 Å². The Bertz CT molecular complexity index is 581. The molecule has 1 aromatic heterocycles. The first-order valence-corrected chi connectivity index (χ1v) is 8.26. The van der Waals surface area contributed by atoms with Crippen LogP contribution in [0, 0.1) is 0 Å². The molecule has 0 saturated carbocycles. The molecule has 0 aliphatic carbocycles. The lowest BCUT2D eigenvalue weighted by atomic mass is 10.1. The van der Waals surface area contributed by atoms with Crippen LogP contribution < -0.4 is 5.73 Å². The Kier molecular flexibility index (Phi) is 5.73. The van der Waals surface area contributed by atoms with Gasteiger partial charge in [0.15, 0.2) is 5.82 Å². The summed E-state index contributed by atoms with van der Waals surface area (Å²) in [6.07, 6.45) is 6.08. The van der Waals surface area contributed by atoms with Crippen LogP contribution in [0.1, 0.15) is 52.0 Å². The Morgan fingerprint density at radius 2 is 2.10 bits per heavy atom. The van der Waals surface area contributed by atoms with E-state index in [4.69, 9.17) is 5.73 Å². The predicted octanol–water partition coefficient (Wildman–Crippen LogP) is 4.22. The third-order valence-electron chi connectivity index (χ3n) is 3.62. The molecule has 0 bridgehead atoms. The SMILES string of the molecule is CCCCCCC(C)n1nnnc1-c1cc(N)ccc1Br. The first kappa shape index (κ1) is 15.9. The van der Waals surface area contributed by atoms with Crippen molar-refractivity contribution < 1.29 is 0 Å². The highest BCUT2D eigenvalue weighted by Crippen LogP contribution is 2.30. The summed E-state index contributed by atoms with van der Waals surface area (Å²) in [4.78, 5) is 0. The zero-order valence-electron chi connectivity index (χ0n) is 12.6. The lowest BCUT2D eigenvalue weighted by Gasteiger charge is -2.14. The van der Waals surface area contributed by atoms with Gasteiger partial charge in [-0.2, -0.15) is 0 Å². The van der Waals surface area contributed by atoms with E-state index in [2.05, 4.69) is 45.3 Å². The largest absolute Gasteiger partial charge is 0.399 e. The van der Waals surface area contributed by atoms with Crippen molar-refractivity contribution in [2.45, 2.75) is 52.0 Å². The van der Waals surface area contributed by atoms with Gasteiger partial charge < -0.3 is 5.73 Å². The van der Waals surface area contributed by atoms with Gasteiger partial charge in [-0.25, -0.2) is 4.68 Å². The van der Waals surface area contributed by atoms with E-state index < -0.39 is 0 Å². The minimum atomic E-state index is 0.278. The summed E-state index contributed by atoms with van der Waals surface area (Å²) in [6, 6.07) is 5.96. The number of hydrogen-bond acceptors (Lipinski definition) is 4. The molecule has 0 amide bonds. The molecule has 1 aromatic carbocycles. The molecule has 0 radical (unpaired) electrons. The van der Waals surface area contributed by atoms with Crippen molar-refractivity contribution in [3.8, 4) is 11.4 Å². The second-order valence-electron chi connectivity index (χ2n) is 5.38. The predicted molar refractivity (Wildman–Crippen MR) is 88.8 cm³/mol. The quantitative estimate of drug-likeness (QED) is 0.598. The topological polar surface area (TPSA) is 69.6 Å². The molecule has 0 aliphatic heterocycles. The van der Waals surface area contributed by atoms with E-state index in [0.717, 1.165) is 22.3 Å². The van der Waals surface area contributed by atoms with Gasteiger partial charge in [-0.3, -0.25) is 0 Å². The average molecular weight is 352 g/mol. The number of aromatic nitrogens is 4. The first-order valence-electron chi connectivity index (χ1n) is 7.46. The maximum atomic E-state index is 5.87. The van der Waals surface area contributed by atoms with E-state index in [1.807, 2.05) is 22.9 Å². The van der Waals surface area contributed by atoms with Crippen molar-refractivity contribution in [1.82, 2.24) is 20.2 Å². The molecule has 2 N–H and O–H groups in total. The molecule has 0 saturated heterocycles. The normalized spacial score (nSPS) is 12.5. The van der Waals surface area contributed by atoms with Gasteiger partial charge in [-0.05, 0) is 42.0 Å². The number of nitrogens with two attached hydrogens (primary N) is 1. The van der Waals surface area contributed by atoms with E-state index in [9.17, 15) is 0 Å². The van der Waals surface area contributed by atoms with Crippen LogP contribution in [0.3, 0.4) is 0 Å². The van der Waals surface area contributed by atoms with E-state index in [0.29, 0.717) is 5.69 Å². The number of unbranched alkanes of at least 4 members (excludes halogenated alkanes) is 3. The van der Waals surface area contributed by atoms with Crippen LogP contribution in [-0.4, -0.2) is 20.2 Å². The lowest BCUT2D eigenvalue weighted by Crippen LogP contribution is -2.09. The maximum absolute atomic E-state index is 5.87. The highest BCUT2D eigenvalue weighted by atomic mass is 79.9. The van der Waals surface area contributed by atoms with Crippen molar-refractivity contribution in [2.24, 2.45) is 0 Å². The molecule has 6 heteroatoms. The molecule has 0 spiro atoms. The van der Waals surface area contributed by atoms with Gasteiger partial charge in [-0.15, -0.1) is 5.10 Å². The molecule has 0 aliphatic rings. The van der Waals surface area contributed by atoms with Crippen LogP contribution in [0.5, 0.6) is 0 Å². The molecular weight excluding hydrogens is 330 g/mol. The smallest absolute Gasteiger partial charge is 0.183 e. The van der Waals surface area contributed by atoms with Crippen molar-refractivity contribution in [3.05, 3.63) is 22.7 Å². The summed E-state index contributed by atoms with van der Waals surface area (Å²) in [7, 11) is 0. The monoisotopic (exact) mass is 351 g/mol. The molecule has 2 rings (SSSR count). The number of rotatable bonds is 7. The van der Waals surface area contributed by atoms with Crippen molar-refractivity contribution in [2.75, 3.05) is 5.73 Å². The van der Waals surface area contributed by atoms with E-state index >= 15 is 0 Å². The number of anilines is 1. The number of tetrazole rings is 1. The zero-order chi connectivity index (χ0) is 15.2. The zero-order valence-corrected chi connectivity index (χ0v) is 14.2. The van der Waals surface area contributed by atoms with Crippen LogP contribution in [0.4, 0.5) is 5.69 Å². The second-order valence-corrected chi connectivity index (χ2v) is 6.24. The molecule has 1 heterocycles. The van der Waals surface area contributed by atoms with Gasteiger partial charge in [-0.1, -0.05) is 48.5 Å². The Balaban J connectivity index is 2.16. The molecule has 2 aromatic rings. The van der Waals surface area contributed by atoms with Crippen molar-refractivity contribution in [3.63, 3.8) is 0 Å². The van der Waals surface area contributed by atoms with Gasteiger partial charge in [0.2, 0.25) is 0 Å². The van der Waals surface area contributed by atoms with Crippen LogP contribution in [0.15, 0.2) is 22.7 Å². The minimum absolute atomic E-state index is 0.278. The van der Waals surface area contributed by atoms with Crippen LogP contribution >= 0.6 is 15.9 Å². The third-order valence-corrected chi connectivity index (χ3v) is 4.31. The highest BCUT2D eigenvalue weighted by Gasteiger charge is 2.16. The summed E-state index contributed by atoms with van der Waals surface area (Å²) >= 11 is 3.54. The van der Waals surface area contributed by atoms with Gasteiger partial charge in [0.25, 0.3) is 0 Å². The number of benzene rings is 1. The molecule has 1 atom stereocenters. The fourth-order valence-electron chi connectivity index (χ4n) is 2.37. The fourth-order valence-corrected chi connectivity index (χ4v) is 2.79. The summed E-state index contributed by atoms with van der Waals surface area (Å²) in [5.41, 5.74) is 7.51. The summed E-state index contributed by atoms with van der Waals surface area (Å²) < 4.78 is 2.84. The first-order chi connectivity index (χ1) is 10.1. The number of nitrogen functional groups attached to an aromatic ring is 1. The summed E-state index contributed by atoms with van der Waals surface area (Å²) in [5.74, 6) is 0.761. The van der Waals surface area contributed by atoms with Gasteiger partial charge in [0.1, 0.15) is 0 Å². The van der Waals surface area contributed by atoms with Gasteiger partial charge >= 0.3 is 0 Å². The van der Waals surface area contributed by atoms with Crippen molar-refractivity contribution in [1.29, 1.82) is 0 Å². The van der Waals surface area contributed by atoms with E-state index in [1.54, 1.807) is 0 Å². The average Bonchev–Trinajstić information content (AvgIpc) is 2.95.